The summed E-state index contributed by atoms with van der Waals surface area (Å²) in [5, 5.41) is 12.3. The van der Waals surface area contributed by atoms with Crippen molar-refractivity contribution in [1.29, 1.82) is 0 Å². The first kappa shape index (κ1) is 22.8. The van der Waals surface area contributed by atoms with Gasteiger partial charge < -0.3 is 19.9 Å². The van der Waals surface area contributed by atoms with E-state index in [4.69, 9.17) is 9.47 Å². The van der Waals surface area contributed by atoms with Crippen LogP contribution in [0.4, 0.5) is 0 Å². The Morgan fingerprint density at radius 3 is 2.57 bits per heavy atom. The van der Waals surface area contributed by atoms with Gasteiger partial charge in [-0.1, -0.05) is 42.5 Å². The first-order valence-corrected chi connectivity index (χ1v) is 11.4. The number of hydrogen-bond acceptors (Lipinski definition) is 4. The van der Waals surface area contributed by atoms with Gasteiger partial charge in [0.1, 0.15) is 0 Å². The molecule has 3 atom stereocenters. The molecule has 0 spiro atoms. The Bertz CT molecular complexity index is 838. The molecule has 0 radical (unpaired) electrons. The fraction of sp³-hybridized carbons (Fsp3) is 0.375. The molecule has 0 fully saturated rings. The van der Waals surface area contributed by atoms with Gasteiger partial charge in [0.15, 0.2) is 5.76 Å². The van der Waals surface area contributed by atoms with Gasteiger partial charge in [0.2, 0.25) is 6.29 Å². The predicted octanol–water partition coefficient (Wildman–Crippen LogP) is 4.36. The van der Waals surface area contributed by atoms with Gasteiger partial charge in [-0.2, -0.15) is 0 Å². The fourth-order valence-electron chi connectivity index (χ4n) is 3.70. The minimum absolute atomic E-state index is 0.0165. The number of benzene rings is 2. The number of ether oxygens (including phenoxy) is 2. The molecule has 160 valence electrons. The summed E-state index contributed by atoms with van der Waals surface area (Å²) in [6.45, 7) is 2.95. The van der Waals surface area contributed by atoms with Crippen LogP contribution in [0.1, 0.15) is 36.8 Å². The van der Waals surface area contributed by atoms with Crippen molar-refractivity contribution in [2.45, 2.75) is 38.5 Å². The third-order valence-electron chi connectivity index (χ3n) is 5.19. The van der Waals surface area contributed by atoms with Crippen LogP contribution in [0.25, 0.3) is 0 Å². The number of allylic oxidation sites excluding steroid dienone is 1. The molecule has 2 aromatic carbocycles. The second-order valence-electron chi connectivity index (χ2n) is 7.25. The van der Waals surface area contributed by atoms with E-state index in [1.54, 1.807) is 0 Å². The van der Waals surface area contributed by atoms with E-state index in [1.165, 1.54) is 0 Å². The van der Waals surface area contributed by atoms with E-state index < -0.39 is 6.29 Å². The zero-order valence-corrected chi connectivity index (χ0v) is 19.2. The van der Waals surface area contributed by atoms with Crippen LogP contribution >= 0.6 is 22.6 Å². The van der Waals surface area contributed by atoms with Crippen LogP contribution in [0, 0.1) is 9.49 Å². The Kier molecular flexibility index (Phi) is 8.72. The number of aliphatic hydroxyl groups is 1. The number of amides is 1. The van der Waals surface area contributed by atoms with Crippen molar-refractivity contribution in [3.8, 4) is 0 Å². The number of nitrogens with one attached hydrogen (secondary N) is 1. The summed E-state index contributed by atoms with van der Waals surface area (Å²) in [5.74, 6) is 0.0204. The lowest BCUT2D eigenvalue weighted by Crippen LogP contribution is -2.39. The minimum atomic E-state index is -0.534. The van der Waals surface area contributed by atoms with Crippen molar-refractivity contribution in [2.75, 3.05) is 13.2 Å². The minimum Gasteiger partial charge on any atom is -0.459 e. The Morgan fingerprint density at radius 2 is 1.90 bits per heavy atom. The molecule has 0 saturated heterocycles. The monoisotopic (exact) mass is 521 g/mol. The molecule has 0 saturated carbocycles. The molecule has 1 aliphatic rings. The van der Waals surface area contributed by atoms with Crippen molar-refractivity contribution in [2.24, 2.45) is 5.92 Å². The maximum absolute atomic E-state index is 12.9. The smallest absolute Gasteiger partial charge is 0.286 e. The van der Waals surface area contributed by atoms with Crippen molar-refractivity contribution >= 4 is 28.5 Å². The molecule has 1 heterocycles. The van der Waals surface area contributed by atoms with E-state index in [0.29, 0.717) is 19.6 Å². The van der Waals surface area contributed by atoms with Crippen LogP contribution < -0.4 is 5.32 Å². The highest BCUT2D eigenvalue weighted by Crippen LogP contribution is 2.39. The number of carbonyl (C=O) groups is 1. The lowest BCUT2D eigenvalue weighted by Gasteiger charge is -2.37. The van der Waals surface area contributed by atoms with Crippen molar-refractivity contribution in [1.82, 2.24) is 5.32 Å². The van der Waals surface area contributed by atoms with Crippen molar-refractivity contribution < 1.29 is 19.4 Å². The third kappa shape index (κ3) is 6.06. The van der Waals surface area contributed by atoms with E-state index >= 15 is 0 Å². The Hall–Kier alpha value is -1.90. The summed E-state index contributed by atoms with van der Waals surface area (Å²) in [5.41, 5.74) is 2.14. The summed E-state index contributed by atoms with van der Waals surface area (Å²) in [4.78, 5) is 12.9. The normalized spacial score (nSPS) is 20.9. The Balaban J connectivity index is 1.85. The Morgan fingerprint density at radius 1 is 1.17 bits per heavy atom. The molecule has 0 bridgehead atoms. The maximum atomic E-state index is 12.9. The molecule has 0 aromatic heterocycles. The topological polar surface area (TPSA) is 67.8 Å². The second kappa shape index (κ2) is 11.5. The van der Waals surface area contributed by atoms with Gasteiger partial charge in [-0.15, -0.1) is 0 Å². The highest BCUT2D eigenvalue weighted by Gasteiger charge is 2.37. The molecule has 2 N–H and O–H groups in total. The van der Waals surface area contributed by atoms with Crippen LogP contribution in [-0.4, -0.2) is 30.5 Å². The van der Waals surface area contributed by atoms with E-state index in [-0.39, 0.29) is 30.1 Å². The lowest BCUT2D eigenvalue weighted by molar-refractivity contribution is -0.166. The molecular formula is C24H28INO4. The molecule has 0 aliphatic carbocycles. The Labute approximate surface area is 191 Å². The molecule has 1 amide bonds. The largest absolute Gasteiger partial charge is 0.459 e. The van der Waals surface area contributed by atoms with Crippen LogP contribution in [0.5, 0.6) is 0 Å². The number of carbonyl (C=O) groups excluding carboxylic acids is 1. The van der Waals surface area contributed by atoms with E-state index in [2.05, 4.69) is 52.2 Å². The van der Waals surface area contributed by atoms with Gasteiger partial charge >= 0.3 is 0 Å². The van der Waals surface area contributed by atoms with Gasteiger partial charge in [0, 0.05) is 35.2 Å². The fourth-order valence-corrected chi connectivity index (χ4v) is 4.05. The maximum Gasteiger partial charge on any atom is 0.286 e. The van der Waals surface area contributed by atoms with E-state index in [0.717, 1.165) is 21.1 Å². The van der Waals surface area contributed by atoms with Gasteiger partial charge in [-0.3, -0.25) is 4.79 Å². The average molecular weight is 521 g/mol. The first-order valence-electron chi connectivity index (χ1n) is 10.3. The third-order valence-corrected chi connectivity index (χ3v) is 5.91. The van der Waals surface area contributed by atoms with Crippen molar-refractivity contribution in [3.63, 3.8) is 0 Å². The van der Waals surface area contributed by atoms with E-state index in [1.807, 2.05) is 43.3 Å². The van der Waals surface area contributed by atoms with Crippen molar-refractivity contribution in [3.05, 3.63) is 81.1 Å². The number of aliphatic hydroxyl groups excluding tert-OH is 1. The average Bonchev–Trinajstić information content (AvgIpc) is 2.77. The number of halogens is 1. The molecule has 30 heavy (non-hydrogen) atoms. The number of hydrogen-bond donors (Lipinski definition) is 2. The lowest BCUT2D eigenvalue weighted by atomic mass is 9.80. The number of rotatable bonds is 9. The highest BCUT2D eigenvalue weighted by atomic mass is 127. The molecule has 1 aliphatic heterocycles. The van der Waals surface area contributed by atoms with Crippen LogP contribution in [0.15, 0.2) is 66.4 Å². The van der Waals surface area contributed by atoms with Crippen LogP contribution in [0.3, 0.4) is 0 Å². The predicted molar refractivity (Wildman–Crippen MR) is 125 cm³/mol. The van der Waals surface area contributed by atoms with Gasteiger partial charge in [-0.05, 0) is 71.7 Å². The molecular weight excluding hydrogens is 493 g/mol. The standard InChI is InChI=1S/C24H28INO4/c1-2-29-24-20(9-6-14-27)21(18-10-12-19(25)13-11-18)15-22(30-24)23(28)26-16-17-7-4-3-5-8-17/h3-5,7-8,10-13,15,20-21,24,27H,2,6,9,14,16H2,1H3,(H,26,28)/t20-,21+,24+/m1/s1. The second-order valence-corrected chi connectivity index (χ2v) is 8.49. The van der Waals surface area contributed by atoms with Gasteiger partial charge in [-0.25, -0.2) is 0 Å². The summed E-state index contributed by atoms with van der Waals surface area (Å²) in [6, 6.07) is 18.1. The molecule has 2 aromatic rings. The van der Waals surface area contributed by atoms with Gasteiger partial charge in [0.25, 0.3) is 5.91 Å². The van der Waals surface area contributed by atoms with Gasteiger partial charge in [0.05, 0.1) is 0 Å². The molecule has 3 rings (SSSR count). The summed E-state index contributed by atoms with van der Waals surface area (Å²) in [6.07, 6.45) is 2.77. The quantitative estimate of drug-likeness (QED) is 0.482. The summed E-state index contributed by atoms with van der Waals surface area (Å²) in [7, 11) is 0. The first-order chi connectivity index (χ1) is 14.6. The summed E-state index contributed by atoms with van der Waals surface area (Å²) >= 11 is 2.28. The highest BCUT2D eigenvalue weighted by molar-refractivity contribution is 14.1. The van der Waals surface area contributed by atoms with E-state index in [9.17, 15) is 9.90 Å². The van der Waals surface area contributed by atoms with Crippen LogP contribution in [-0.2, 0) is 20.8 Å². The zero-order chi connectivity index (χ0) is 21.3. The SMILES string of the molecule is CCO[C@H]1OC(C(=O)NCc2ccccc2)=C[C@@H](c2ccc(I)cc2)[C@H]1CCCO. The summed E-state index contributed by atoms with van der Waals surface area (Å²) < 4.78 is 13.0. The molecule has 6 heteroatoms. The zero-order valence-electron chi connectivity index (χ0n) is 17.1. The molecule has 5 nitrogen and oxygen atoms in total. The molecule has 0 unspecified atom stereocenters. The van der Waals surface area contributed by atoms with Crippen LogP contribution in [0.2, 0.25) is 0 Å².